The summed E-state index contributed by atoms with van der Waals surface area (Å²) in [5, 5.41) is 9.66. The second-order valence-corrected chi connectivity index (χ2v) is 3.83. The van der Waals surface area contributed by atoms with Gasteiger partial charge in [-0.3, -0.25) is 0 Å². The molecule has 0 spiro atoms. The number of aliphatic hydroxyl groups is 1. The van der Waals surface area contributed by atoms with Gasteiger partial charge in [-0.1, -0.05) is 6.07 Å². The maximum absolute atomic E-state index is 11.7. The van der Waals surface area contributed by atoms with E-state index in [0.29, 0.717) is 0 Å². The molecule has 0 fully saturated rings. The smallest absolute Gasteiger partial charge is 0.415 e. The van der Waals surface area contributed by atoms with Crippen molar-refractivity contribution in [1.29, 1.82) is 0 Å². The molecule has 84 valence electrons. The molecule has 5 heteroatoms. The molecule has 0 atom stereocenters. The van der Waals surface area contributed by atoms with Crippen LogP contribution in [0.1, 0.15) is 13.8 Å². The highest BCUT2D eigenvalue weighted by Gasteiger charge is 2.42. The zero-order chi connectivity index (χ0) is 11.8. The van der Waals surface area contributed by atoms with E-state index in [1.165, 1.54) is 4.57 Å². The zero-order valence-electron chi connectivity index (χ0n) is 9.01. The lowest BCUT2D eigenvalue weighted by Crippen LogP contribution is -2.45. The zero-order valence-corrected chi connectivity index (χ0v) is 9.01. The lowest BCUT2D eigenvalue weighted by Gasteiger charge is -2.28. The van der Waals surface area contributed by atoms with Gasteiger partial charge < -0.3 is 14.6 Å². The fourth-order valence-corrected chi connectivity index (χ4v) is 1.42. The number of aromatic nitrogens is 1. The van der Waals surface area contributed by atoms with Crippen molar-refractivity contribution in [3.63, 3.8) is 0 Å². The number of hydrogen-bond donors (Lipinski definition) is 1. The lowest BCUT2D eigenvalue weighted by molar-refractivity contribution is -0.583. The van der Waals surface area contributed by atoms with Crippen molar-refractivity contribution < 1.29 is 23.9 Å². The summed E-state index contributed by atoms with van der Waals surface area (Å²) < 4.78 is 11.5. The molecule has 1 aromatic rings. The van der Waals surface area contributed by atoms with Crippen molar-refractivity contribution in [2.75, 3.05) is 0 Å². The maximum Gasteiger partial charge on any atom is 0.415 e. The molecule has 0 unspecified atom stereocenters. The van der Waals surface area contributed by atoms with E-state index in [1.54, 1.807) is 44.4 Å². The van der Waals surface area contributed by atoms with E-state index in [9.17, 15) is 9.90 Å². The Bertz CT molecular complexity index is 450. The first-order valence-electron chi connectivity index (χ1n) is 4.82. The normalized spacial score (nSPS) is 19.0. The average Bonchev–Trinajstić information content (AvgIpc) is 2.16. The fourth-order valence-electron chi connectivity index (χ4n) is 1.42. The van der Waals surface area contributed by atoms with Crippen LogP contribution in [0.15, 0.2) is 36.5 Å². The fraction of sp³-hybridized carbons (Fsp3) is 0.273. The monoisotopic (exact) mass is 222 g/mol. The molecule has 1 aliphatic heterocycles. The van der Waals surface area contributed by atoms with E-state index < -0.39 is 17.7 Å². The van der Waals surface area contributed by atoms with Crippen LogP contribution in [0.25, 0.3) is 5.70 Å². The molecule has 1 aromatic heterocycles. The quantitative estimate of drug-likeness (QED) is 0.568. The van der Waals surface area contributed by atoms with Crippen LogP contribution < -0.4 is 4.57 Å². The first-order chi connectivity index (χ1) is 7.49. The molecule has 16 heavy (non-hydrogen) atoms. The van der Waals surface area contributed by atoms with E-state index in [2.05, 4.69) is 0 Å². The van der Waals surface area contributed by atoms with Crippen LogP contribution in [0.5, 0.6) is 0 Å². The van der Waals surface area contributed by atoms with E-state index in [4.69, 9.17) is 9.47 Å². The molecule has 0 aromatic carbocycles. The molecule has 0 bridgehead atoms. The highest BCUT2D eigenvalue weighted by atomic mass is 16.8. The van der Waals surface area contributed by atoms with Crippen LogP contribution >= 0.6 is 0 Å². The highest BCUT2D eigenvalue weighted by Crippen LogP contribution is 2.24. The Morgan fingerprint density at radius 2 is 1.81 bits per heavy atom. The second kappa shape index (κ2) is 3.52. The molecule has 2 heterocycles. The third kappa shape index (κ3) is 1.84. The Kier molecular flexibility index (Phi) is 2.30. The summed E-state index contributed by atoms with van der Waals surface area (Å²) in [4.78, 5) is 11.7. The third-order valence-electron chi connectivity index (χ3n) is 2.05. The number of esters is 1. The lowest BCUT2D eigenvalue weighted by atomic mass is 10.3. The SMILES string of the molecule is CC1(C)OC(=O)C([n+]2ccccc2)=C(O)O1. The summed E-state index contributed by atoms with van der Waals surface area (Å²) in [7, 11) is 0. The van der Waals surface area contributed by atoms with Crippen molar-refractivity contribution in [2.45, 2.75) is 19.6 Å². The van der Waals surface area contributed by atoms with Crippen LogP contribution in [0.4, 0.5) is 0 Å². The molecule has 0 amide bonds. The van der Waals surface area contributed by atoms with Crippen LogP contribution in [-0.2, 0) is 14.3 Å². The van der Waals surface area contributed by atoms with Crippen LogP contribution in [0.2, 0.25) is 0 Å². The Morgan fingerprint density at radius 1 is 1.19 bits per heavy atom. The van der Waals surface area contributed by atoms with E-state index in [0.717, 1.165) is 0 Å². The number of aliphatic hydroxyl groups excluding tert-OH is 1. The Balaban J connectivity index is 2.45. The predicted molar refractivity (Wildman–Crippen MR) is 53.7 cm³/mol. The number of cyclic esters (lactones) is 1. The minimum atomic E-state index is -1.14. The Hall–Kier alpha value is -2.04. The largest absolute Gasteiger partial charge is 0.476 e. The molecule has 2 rings (SSSR count). The number of hydrogen-bond acceptors (Lipinski definition) is 4. The first kappa shape index (κ1) is 10.5. The van der Waals surface area contributed by atoms with Gasteiger partial charge >= 0.3 is 17.6 Å². The van der Waals surface area contributed by atoms with E-state index in [1.807, 2.05) is 0 Å². The molecule has 0 aliphatic carbocycles. The van der Waals surface area contributed by atoms with Gasteiger partial charge in [-0.15, -0.1) is 0 Å². The molecule has 0 radical (unpaired) electrons. The summed E-state index contributed by atoms with van der Waals surface area (Å²) >= 11 is 0. The molecule has 0 saturated carbocycles. The molecule has 1 N–H and O–H groups in total. The Labute approximate surface area is 92.5 Å². The summed E-state index contributed by atoms with van der Waals surface area (Å²) in [5.41, 5.74) is -0.0278. The topological polar surface area (TPSA) is 59.6 Å². The standard InChI is InChI=1S/C11H11NO4/c1-11(2)15-9(13)8(10(14)16-11)12-6-4-3-5-7-12/h3-7H,1-2H3/p+1. The van der Waals surface area contributed by atoms with Crippen molar-refractivity contribution in [3.05, 3.63) is 36.5 Å². The highest BCUT2D eigenvalue weighted by molar-refractivity contribution is 6.06. The molecule has 1 aliphatic rings. The van der Waals surface area contributed by atoms with Gasteiger partial charge in [0.15, 0.2) is 12.4 Å². The maximum atomic E-state index is 11.7. The van der Waals surface area contributed by atoms with Gasteiger partial charge in [0.25, 0.3) is 5.79 Å². The van der Waals surface area contributed by atoms with E-state index in [-0.39, 0.29) is 5.70 Å². The van der Waals surface area contributed by atoms with Crippen molar-refractivity contribution in [2.24, 2.45) is 0 Å². The second-order valence-electron chi connectivity index (χ2n) is 3.83. The molecular formula is C11H12NO4+. The van der Waals surface area contributed by atoms with Gasteiger partial charge in [-0.2, -0.15) is 4.57 Å². The van der Waals surface area contributed by atoms with E-state index >= 15 is 0 Å². The van der Waals surface area contributed by atoms with Gasteiger partial charge in [0.05, 0.1) is 0 Å². The molecule has 0 saturated heterocycles. The number of rotatable bonds is 1. The Morgan fingerprint density at radius 3 is 2.38 bits per heavy atom. The van der Waals surface area contributed by atoms with Gasteiger partial charge in [0, 0.05) is 26.0 Å². The van der Waals surface area contributed by atoms with Crippen LogP contribution in [0, 0.1) is 0 Å². The third-order valence-corrected chi connectivity index (χ3v) is 2.05. The first-order valence-corrected chi connectivity index (χ1v) is 4.82. The van der Waals surface area contributed by atoms with Crippen LogP contribution in [-0.4, -0.2) is 16.9 Å². The van der Waals surface area contributed by atoms with Gasteiger partial charge in [-0.25, -0.2) is 4.79 Å². The minimum absolute atomic E-state index is 0.0278. The minimum Gasteiger partial charge on any atom is -0.476 e. The number of nitrogens with zero attached hydrogens (tertiary/aromatic N) is 1. The van der Waals surface area contributed by atoms with Crippen molar-refractivity contribution in [3.8, 4) is 0 Å². The van der Waals surface area contributed by atoms with Gasteiger partial charge in [-0.05, 0) is 0 Å². The molecular weight excluding hydrogens is 210 g/mol. The van der Waals surface area contributed by atoms with Gasteiger partial charge in [0.1, 0.15) is 0 Å². The molecule has 5 nitrogen and oxygen atoms in total. The number of ether oxygens (including phenoxy) is 2. The van der Waals surface area contributed by atoms with Crippen molar-refractivity contribution in [1.82, 2.24) is 0 Å². The predicted octanol–water partition coefficient (Wildman–Crippen LogP) is 0.968. The van der Waals surface area contributed by atoms with Crippen molar-refractivity contribution >= 4 is 11.7 Å². The number of carbonyl (C=O) groups is 1. The van der Waals surface area contributed by atoms with Gasteiger partial charge in [0.2, 0.25) is 0 Å². The number of carbonyl (C=O) groups excluding carboxylic acids is 1. The summed E-state index contributed by atoms with van der Waals surface area (Å²) in [6.45, 7) is 3.10. The van der Waals surface area contributed by atoms with Crippen LogP contribution in [0.3, 0.4) is 0 Å². The summed E-state index contributed by atoms with van der Waals surface area (Å²) in [5.74, 6) is -2.19. The summed E-state index contributed by atoms with van der Waals surface area (Å²) in [6.07, 6.45) is 3.24. The number of pyridine rings is 1. The average molecular weight is 222 g/mol. The summed E-state index contributed by atoms with van der Waals surface area (Å²) in [6, 6.07) is 5.26.